The molecule has 1 heterocycles. The van der Waals surface area contributed by atoms with Gasteiger partial charge in [0.05, 0.1) is 0 Å². The van der Waals surface area contributed by atoms with E-state index in [9.17, 15) is 5.11 Å². The van der Waals surface area contributed by atoms with Gasteiger partial charge in [-0.15, -0.1) is 0 Å². The van der Waals surface area contributed by atoms with Gasteiger partial charge in [-0.2, -0.15) is 0 Å². The Balaban J connectivity index is 1.97. The molecular weight excluding hydrogens is 186 g/mol. The largest absolute Gasteiger partial charge is 0.508 e. The number of benzene rings is 1. The standard InChI is InChI=1S/C13H17NO/c15-9-6-7-11-10-4-2-1-3-5-12(10)14-13(11)8-9/h6-8,10,12,14-15H,1-5H2. The van der Waals surface area contributed by atoms with Crippen molar-refractivity contribution in [2.24, 2.45) is 0 Å². The Morgan fingerprint density at radius 2 is 2.00 bits per heavy atom. The second-order valence-electron chi connectivity index (χ2n) is 4.77. The zero-order valence-electron chi connectivity index (χ0n) is 8.87. The van der Waals surface area contributed by atoms with E-state index in [1.807, 2.05) is 12.1 Å². The van der Waals surface area contributed by atoms with E-state index in [1.54, 1.807) is 0 Å². The molecule has 1 aromatic carbocycles. The lowest BCUT2D eigenvalue weighted by molar-refractivity contribution is 0.475. The highest BCUT2D eigenvalue weighted by Gasteiger charge is 2.32. The van der Waals surface area contributed by atoms with Crippen LogP contribution in [0.2, 0.25) is 0 Å². The van der Waals surface area contributed by atoms with Crippen LogP contribution in [0.15, 0.2) is 18.2 Å². The minimum absolute atomic E-state index is 0.373. The van der Waals surface area contributed by atoms with Gasteiger partial charge in [-0.3, -0.25) is 0 Å². The molecule has 0 radical (unpaired) electrons. The lowest BCUT2D eigenvalue weighted by Gasteiger charge is -2.16. The first-order valence-electron chi connectivity index (χ1n) is 5.94. The van der Waals surface area contributed by atoms with E-state index < -0.39 is 0 Å². The molecule has 2 nitrogen and oxygen atoms in total. The van der Waals surface area contributed by atoms with Crippen molar-refractivity contribution in [1.29, 1.82) is 0 Å². The number of hydrogen-bond acceptors (Lipinski definition) is 2. The third-order valence-electron chi connectivity index (χ3n) is 3.79. The molecule has 80 valence electrons. The zero-order valence-corrected chi connectivity index (χ0v) is 8.87. The van der Waals surface area contributed by atoms with Crippen molar-refractivity contribution >= 4 is 5.69 Å². The highest BCUT2D eigenvalue weighted by molar-refractivity contribution is 5.62. The highest BCUT2D eigenvalue weighted by Crippen LogP contribution is 2.43. The summed E-state index contributed by atoms with van der Waals surface area (Å²) in [6.45, 7) is 0. The van der Waals surface area contributed by atoms with Crippen LogP contribution < -0.4 is 5.32 Å². The summed E-state index contributed by atoms with van der Waals surface area (Å²) in [6, 6.07) is 6.38. The fourth-order valence-corrected chi connectivity index (χ4v) is 3.04. The molecule has 2 aliphatic rings. The molecule has 1 aliphatic heterocycles. The van der Waals surface area contributed by atoms with Gasteiger partial charge < -0.3 is 10.4 Å². The first-order valence-corrected chi connectivity index (χ1v) is 5.94. The Morgan fingerprint density at radius 3 is 2.93 bits per heavy atom. The molecule has 0 saturated heterocycles. The van der Waals surface area contributed by atoms with Gasteiger partial charge in [0.15, 0.2) is 0 Å². The van der Waals surface area contributed by atoms with E-state index in [0.29, 0.717) is 17.7 Å². The zero-order chi connectivity index (χ0) is 10.3. The van der Waals surface area contributed by atoms with Crippen LogP contribution in [0.25, 0.3) is 0 Å². The van der Waals surface area contributed by atoms with Crippen LogP contribution in [-0.4, -0.2) is 11.1 Å². The molecular formula is C13H17NO. The molecule has 2 unspecified atom stereocenters. The van der Waals surface area contributed by atoms with Crippen LogP contribution in [0.1, 0.15) is 43.6 Å². The van der Waals surface area contributed by atoms with Crippen molar-refractivity contribution in [2.75, 3.05) is 5.32 Å². The minimum Gasteiger partial charge on any atom is -0.508 e. The Hall–Kier alpha value is -1.18. The van der Waals surface area contributed by atoms with E-state index in [2.05, 4.69) is 11.4 Å². The van der Waals surface area contributed by atoms with Gasteiger partial charge in [0.2, 0.25) is 0 Å². The molecule has 1 saturated carbocycles. The molecule has 1 aromatic rings. The number of aromatic hydroxyl groups is 1. The van der Waals surface area contributed by atoms with E-state index in [4.69, 9.17) is 0 Å². The first kappa shape index (κ1) is 9.08. The summed E-state index contributed by atoms with van der Waals surface area (Å²) in [5.74, 6) is 1.06. The monoisotopic (exact) mass is 203 g/mol. The van der Waals surface area contributed by atoms with Crippen molar-refractivity contribution in [1.82, 2.24) is 0 Å². The smallest absolute Gasteiger partial charge is 0.117 e. The quantitative estimate of drug-likeness (QED) is 0.678. The van der Waals surface area contributed by atoms with Crippen molar-refractivity contribution in [2.45, 2.75) is 44.1 Å². The predicted octanol–water partition coefficient (Wildman–Crippen LogP) is 3.23. The molecule has 0 aromatic heterocycles. The summed E-state index contributed by atoms with van der Waals surface area (Å²) >= 11 is 0. The maximum Gasteiger partial charge on any atom is 0.117 e. The van der Waals surface area contributed by atoms with Crippen LogP contribution in [0.4, 0.5) is 5.69 Å². The van der Waals surface area contributed by atoms with Crippen LogP contribution >= 0.6 is 0 Å². The molecule has 3 rings (SSSR count). The van der Waals surface area contributed by atoms with E-state index in [0.717, 1.165) is 5.69 Å². The second-order valence-corrected chi connectivity index (χ2v) is 4.77. The van der Waals surface area contributed by atoms with Crippen molar-refractivity contribution < 1.29 is 5.11 Å². The Labute approximate surface area is 90.3 Å². The van der Waals surface area contributed by atoms with E-state index in [-0.39, 0.29) is 0 Å². The first-order chi connectivity index (χ1) is 7.34. The molecule has 0 amide bonds. The fraction of sp³-hybridized carbons (Fsp3) is 0.538. The van der Waals surface area contributed by atoms with E-state index >= 15 is 0 Å². The molecule has 0 spiro atoms. The molecule has 2 atom stereocenters. The maximum absolute atomic E-state index is 9.45. The summed E-state index contributed by atoms with van der Waals surface area (Å²) in [7, 11) is 0. The number of phenols is 1. The average Bonchev–Trinajstić information content (AvgIpc) is 2.42. The third kappa shape index (κ3) is 1.48. The second kappa shape index (κ2) is 3.44. The third-order valence-corrected chi connectivity index (χ3v) is 3.79. The Bertz CT molecular complexity index is 375. The van der Waals surface area contributed by atoms with Crippen LogP contribution in [0, 0.1) is 0 Å². The minimum atomic E-state index is 0.373. The maximum atomic E-state index is 9.45. The van der Waals surface area contributed by atoms with Gasteiger partial charge >= 0.3 is 0 Å². The van der Waals surface area contributed by atoms with Crippen LogP contribution in [0.5, 0.6) is 5.75 Å². The topological polar surface area (TPSA) is 32.3 Å². The van der Waals surface area contributed by atoms with Crippen LogP contribution in [0.3, 0.4) is 0 Å². The van der Waals surface area contributed by atoms with Crippen LogP contribution in [-0.2, 0) is 0 Å². The molecule has 1 fully saturated rings. The highest BCUT2D eigenvalue weighted by atomic mass is 16.3. The van der Waals surface area contributed by atoms with Gasteiger partial charge in [0.25, 0.3) is 0 Å². The summed E-state index contributed by atoms with van der Waals surface area (Å²) in [5, 5.41) is 13.0. The number of fused-ring (bicyclic) bond motifs is 3. The Kier molecular flexibility index (Phi) is 2.08. The Morgan fingerprint density at radius 1 is 1.13 bits per heavy atom. The van der Waals surface area contributed by atoms with Gasteiger partial charge in [-0.1, -0.05) is 25.3 Å². The SMILES string of the molecule is Oc1ccc2c(c1)NC1CCCCCC21. The lowest BCUT2D eigenvalue weighted by Crippen LogP contribution is -2.18. The van der Waals surface area contributed by atoms with Gasteiger partial charge in [0, 0.05) is 23.7 Å². The molecule has 15 heavy (non-hydrogen) atoms. The normalized spacial score (nSPS) is 28.8. The summed E-state index contributed by atoms with van der Waals surface area (Å²) in [6.07, 6.45) is 6.65. The number of anilines is 1. The molecule has 2 heteroatoms. The van der Waals surface area contributed by atoms with Crippen molar-refractivity contribution in [3.05, 3.63) is 23.8 Å². The van der Waals surface area contributed by atoms with Gasteiger partial charge in [-0.25, -0.2) is 0 Å². The predicted molar refractivity (Wildman–Crippen MR) is 61.3 cm³/mol. The van der Waals surface area contributed by atoms with Gasteiger partial charge in [-0.05, 0) is 24.5 Å². The fourth-order valence-electron chi connectivity index (χ4n) is 3.04. The lowest BCUT2D eigenvalue weighted by atomic mass is 9.91. The number of rotatable bonds is 0. The van der Waals surface area contributed by atoms with Crippen molar-refractivity contribution in [3.63, 3.8) is 0 Å². The average molecular weight is 203 g/mol. The molecule has 1 aliphatic carbocycles. The molecule has 2 N–H and O–H groups in total. The molecule has 0 bridgehead atoms. The number of hydrogen-bond donors (Lipinski definition) is 2. The number of phenolic OH excluding ortho intramolecular Hbond substituents is 1. The summed E-state index contributed by atoms with van der Waals surface area (Å²) in [5.41, 5.74) is 2.58. The summed E-state index contributed by atoms with van der Waals surface area (Å²) < 4.78 is 0. The summed E-state index contributed by atoms with van der Waals surface area (Å²) in [4.78, 5) is 0. The van der Waals surface area contributed by atoms with Gasteiger partial charge in [0.1, 0.15) is 5.75 Å². The number of nitrogens with one attached hydrogen (secondary N) is 1. The van der Waals surface area contributed by atoms with E-state index in [1.165, 1.54) is 37.7 Å². The van der Waals surface area contributed by atoms with Crippen molar-refractivity contribution in [3.8, 4) is 5.75 Å².